The molecule has 0 radical (unpaired) electrons. The first-order chi connectivity index (χ1) is 16.4. The molecule has 1 saturated carbocycles. The number of hydrogen-bond acceptors (Lipinski definition) is 6. The molecule has 1 unspecified atom stereocenters. The number of aromatic nitrogens is 3. The van der Waals surface area contributed by atoms with Gasteiger partial charge >= 0.3 is 0 Å². The van der Waals surface area contributed by atoms with E-state index in [4.69, 9.17) is 0 Å². The maximum Gasteiger partial charge on any atom is 0.273 e. The fourth-order valence-electron chi connectivity index (χ4n) is 5.03. The molecule has 10 nitrogen and oxygen atoms in total. The van der Waals surface area contributed by atoms with Crippen molar-refractivity contribution in [1.82, 2.24) is 30.5 Å². The third-order valence-electron chi connectivity index (χ3n) is 6.88. The Morgan fingerprint density at radius 1 is 1.21 bits per heavy atom. The summed E-state index contributed by atoms with van der Waals surface area (Å²) in [5, 5.41) is 13.5. The van der Waals surface area contributed by atoms with Crippen LogP contribution in [-0.4, -0.2) is 55.6 Å². The SMILES string of the molecule is C=C[C@@H]1CCC[C@@H](NC(=O)c2cn(-c3ccc4c(c3)CN(C3CCC(=O)NC3=O)C4=O)nn2)C1. The topological polar surface area (TPSA) is 126 Å². The Balaban J connectivity index is 1.28. The second-order valence-electron chi connectivity index (χ2n) is 9.12. The number of hydrogen-bond donors (Lipinski definition) is 2. The second-order valence-corrected chi connectivity index (χ2v) is 9.12. The summed E-state index contributed by atoms with van der Waals surface area (Å²) in [6.07, 6.45) is 8.02. The molecule has 0 bridgehead atoms. The number of imide groups is 1. The molecule has 5 rings (SSSR count). The van der Waals surface area contributed by atoms with E-state index in [1.807, 2.05) is 12.1 Å². The highest BCUT2D eigenvalue weighted by Gasteiger charge is 2.39. The summed E-state index contributed by atoms with van der Waals surface area (Å²) < 4.78 is 1.50. The molecular weight excluding hydrogens is 436 g/mol. The summed E-state index contributed by atoms with van der Waals surface area (Å²) in [4.78, 5) is 50.7. The highest BCUT2D eigenvalue weighted by Crippen LogP contribution is 2.29. The predicted molar refractivity (Wildman–Crippen MR) is 121 cm³/mol. The maximum absolute atomic E-state index is 12.9. The summed E-state index contributed by atoms with van der Waals surface area (Å²) in [6, 6.07) is 4.67. The van der Waals surface area contributed by atoms with Crippen molar-refractivity contribution in [1.29, 1.82) is 0 Å². The second kappa shape index (κ2) is 8.85. The zero-order chi connectivity index (χ0) is 23.8. The zero-order valence-corrected chi connectivity index (χ0v) is 18.7. The van der Waals surface area contributed by atoms with E-state index in [1.54, 1.807) is 18.3 Å². The molecule has 3 heterocycles. The van der Waals surface area contributed by atoms with Crippen molar-refractivity contribution < 1.29 is 19.2 Å². The number of carbonyl (C=O) groups is 4. The highest BCUT2D eigenvalue weighted by atomic mass is 16.2. The molecular formula is C24H26N6O4. The molecule has 4 amide bonds. The van der Waals surface area contributed by atoms with Gasteiger partial charge in [0.1, 0.15) is 6.04 Å². The molecule has 1 aliphatic carbocycles. The molecule has 10 heteroatoms. The summed E-state index contributed by atoms with van der Waals surface area (Å²) in [7, 11) is 0. The summed E-state index contributed by atoms with van der Waals surface area (Å²) in [5.41, 5.74) is 2.15. The van der Waals surface area contributed by atoms with E-state index < -0.39 is 11.9 Å². The monoisotopic (exact) mass is 462 g/mol. The Kier molecular flexibility index (Phi) is 5.72. The largest absolute Gasteiger partial charge is 0.348 e. The van der Waals surface area contributed by atoms with Gasteiger partial charge in [-0.3, -0.25) is 24.5 Å². The number of nitrogens with zero attached hydrogens (tertiary/aromatic N) is 4. The average Bonchev–Trinajstić information content (AvgIpc) is 3.44. The number of fused-ring (bicyclic) bond motifs is 1. The van der Waals surface area contributed by atoms with Crippen LogP contribution in [-0.2, 0) is 16.1 Å². The lowest BCUT2D eigenvalue weighted by Crippen LogP contribution is -2.52. The average molecular weight is 463 g/mol. The fraction of sp³-hybridized carbons (Fsp3) is 0.417. The van der Waals surface area contributed by atoms with Crippen LogP contribution < -0.4 is 10.6 Å². The number of nitrogens with one attached hydrogen (secondary N) is 2. The molecule has 2 fully saturated rings. The van der Waals surface area contributed by atoms with Gasteiger partial charge in [-0.15, -0.1) is 11.7 Å². The van der Waals surface area contributed by atoms with Gasteiger partial charge in [-0.1, -0.05) is 17.7 Å². The van der Waals surface area contributed by atoms with Crippen LogP contribution in [0.5, 0.6) is 0 Å². The van der Waals surface area contributed by atoms with E-state index in [0.29, 0.717) is 23.6 Å². The van der Waals surface area contributed by atoms with Crippen molar-refractivity contribution >= 4 is 23.6 Å². The number of amides is 4. The van der Waals surface area contributed by atoms with Crippen molar-refractivity contribution in [2.75, 3.05) is 0 Å². The molecule has 2 aromatic rings. The number of carbonyl (C=O) groups excluding carboxylic acids is 4. The van der Waals surface area contributed by atoms with E-state index in [1.165, 1.54) is 9.58 Å². The van der Waals surface area contributed by atoms with Crippen molar-refractivity contribution in [3.63, 3.8) is 0 Å². The van der Waals surface area contributed by atoms with Crippen LogP contribution in [0.25, 0.3) is 5.69 Å². The summed E-state index contributed by atoms with van der Waals surface area (Å²) in [6.45, 7) is 4.13. The summed E-state index contributed by atoms with van der Waals surface area (Å²) >= 11 is 0. The molecule has 3 aliphatic rings. The normalized spacial score (nSPS) is 24.5. The van der Waals surface area contributed by atoms with Crippen LogP contribution in [0.4, 0.5) is 0 Å². The standard InChI is InChI=1S/C24H26N6O4/c1-2-14-4-3-5-16(10-14)25-22(32)19-13-30(28-27-19)17-6-7-18-15(11-17)12-29(24(18)34)20-8-9-21(31)26-23(20)33/h2,6-7,11,13-14,16,20H,1,3-5,8-10,12H2,(H,25,32)(H,26,31,33)/t14-,16-,20?/m1/s1. The van der Waals surface area contributed by atoms with E-state index in [9.17, 15) is 19.2 Å². The molecule has 0 spiro atoms. The van der Waals surface area contributed by atoms with Crippen LogP contribution in [0.15, 0.2) is 37.1 Å². The van der Waals surface area contributed by atoms with E-state index >= 15 is 0 Å². The van der Waals surface area contributed by atoms with Gasteiger partial charge in [0.2, 0.25) is 11.8 Å². The molecule has 176 valence electrons. The Morgan fingerprint density at radius 3 is 2.85 bits per heavy atom. The van der Waals surface area contributed by atoms with Gasteiger partial charge in [-0.25, -0.2) is 4.68 Å². The molecule has 2 N–H and O–H groups in total. The Morgan fingerprint density at radius 2 is 2.06 bits per heavy atom. The Bertz CT molecular complexity index is 1190. The third-order valence-corrected chi connectivity index (χ3v) is 6.88. The lowest BCUT2D eigenvalue weighted by atomic mass is 9.86. The Hall–Kier alpha value is -3.82. The van der Waals surface area contributed by atoms with Gasteiger partial charge in [0.05, 0.1) is 11.9 Å². The van der Waals surface area contributed by atoms with Crippen LogP contribution in [0.3, 0.4) is 0 Å². The first-order valence-electron chi connectivity index (χ1n) is 11.6. The van der Waals surface area contributed by atoms with Crippen LogP contribution >= 0.6 is 0 Å². The molecule has 2 aliphatic heterocycles. The van der Waals surface area contributed by atoms with Crippen molar-refractivity contribution in [3.05, 3.63) is 53.9 Å². The van der Waals surface area contributed by atoms with Gasteiger partial charge in [0.25, 0.3) is 11.8 Å². The Labute approximate surface area is 196 Å². The smallest absolute Gasteiger partial charge is 0.273 e. The van der Waals surface area contributed by atoms with Crippen LogP contribution in [0.2, 0.25) is 0 Å². The number of benzene rings is 1. The highest BCUT2D eigenvalue weighted by molar-refractivity contribution is 6.05. The van der Waals surface area contributed by atoms with Gasteiger partial charge < -0.3 is 10.2 Å². The van der Waals surface area contributed by atoms with Crippen LogP contribution in [0.1, 0.15) is 64.9 Å². The number of allylic oxidation sites excluding steroid dienone is 1. The van der Waals surface area contributed by atoms with E-state index in [2.05, 4.69) is 27.5 Å². The minimum atomic E-state index is -0.664. The minimum absolute atomic E-state index is 0.0960. The lowest BCUT2D eigenvalue weighted by molar-refractivity contribution is -0.136. The van der Waals surface area contributed by atoms with Gasteiger partial charge in [0.15, 0.2) is 5.69 Å². The molecule has 34 heavy (non-hydrogen) atoms. The fourth-order valence-corrected chi connectivity index (χ4v) is 5.03. The predicted octanol–water partition coefficient (Wildman–Crippen LogP) is 1.50. The quantitative estimate of drug-likeness (QED) is 0.512. The van der Waals surface area contributed by atoms with Crippen molar-refractivity contribution in [2.45, 2.75) is 57.2 Å². The molecule has 1 aromatic carbocycles. The van der Waals surface area contributed by atoms with E-state index in [0.717, 1.165) is 31.2 Å². The van der Waals surface area contributed by atoms with Gasteiger partial charge in [-0.2, -0.15) is 0 Å². The van der Waals surface area contributed by atoms with Crippen molar-refractivity contribution in [2.24, 2.45) is 5.92 Å². The third kappa shape index (κ3) is 4.11. The van der Waals surface area contributed by atoms with E-state index in [-0.39, 0.29) is 42.4 Å². The first-order valence-corrected chi connectivity index (χ1v) is 11.6. The lowest BCUT2D eigenvalue weighted by Gasteiger charge is -2.29. The number of piperidine rings is 1. The van der Waals surface area contributed by atoms with Crippen molar-refractivity contribution in [3.8, 4) is 5.69 Å². The van der Waals surface area contributed by atoms with Gasteiger partial charge in [0, 0.05) is 24.6 Å². The number of rotatable bonds is 5. The first kappa shape index (κ1) is 22.0. The molecule has 1 saturated heterocycles. The minimum Gasteiger partial charge on any atom is -0.348 e. The van der Waals surface area contributed by atoms with Gasteiger partial charge in [-0.05, 0) is 55.4 Å². The zero-order valence-electron chi connectivity index (χ0n) is 18.7. The molecule has 3 atom stereocenters. The van der Waals surface area contributed by atoms with Crippen LogP contribution in [0, 0.1) is 5.92 Å². The molecule has 1 aromatic heterocycles. The maximum atomic E-state index is 12.9. The summed E-state index contributed by atoms with van der Waals surface area (Å²) in [5.74, 6) is -0.838.